The molecule has 1 aliphatic heterocycles. The number of nitrogens with zero attached hydrogens (tertiary/aromatic N) is 1. The van der Waals surface area contributed by atoms with Crippen LogP contribution in [-0.4, -0.2) is 46.4 Å². The highest BCUT2D eigenvalue weighted by atomic mass is 32.1. The molecule has 2 heterocycles. The molecule has 1 aromatic rings. The Kier molecular flexibility index (Phi) is 6.15. The summed E-state index contributed by atoms with van der Waals surface area (Å²) < 4.78 is 0. The number of hydrogen-bond acceptors (Lipinski definition) is 4. The minimum atomic E-state index is -1.03. The second-order valence-electron chi connectivity index (χ2n) is 5.68. The zero-order chi connectivity index (χ0) is 16.8. The maximum absolute atomic E-state index is 12.5. The van der Waals surface area contributed by atoms with Crippen molar-refractivity contribution in [2.24, 2.45) is 0 Å². The van der Waals surface area contributed by atoms with Crippen molar-refractivity contribution in [3.05, 3.63) is 22.4 Å². The van der Waals surface area contributed by atoms with Gasteiger partial charge in [0.1, 0.15) is 12.1 Å². The summed E-state index contributed by atoms with van der Waals surface area (Å²) in [6, 6.07) is 2.07. The highest BCUT2D eigenvalue weighted by Crippen LogP contribution is 2.22. The van der Waals surface area contributed by atoms with Crippen LogP contribution >= 0.6 is 11.3 Å². The molecule has 1 aromatic heterocycles. The molecule has 0 saturated carbocycles. The summed E-state index contributed by atoms with van der Waals surface area (Å²) in [6.45, 7) is 2.50. The normalized spacial score (nSPS) is 18.7. The quantitative estimate of drug-likeness (QED) is 0.797. The van der Waals surface area contributed by atoms with Crippen LogP contribution < -0.4 is 5.32 Å². The molecule has 2 N–H and O–H groups in total. The van der Waals surface area contributed by atoms with E-state index in [2.05, 4.69) is 5.32 Å². The molecule has 1 unspecified atom stereocenters. The maximum Gasteiger partial charge on any atom is 0.326 e. The third-order valence-corrected chi connectivity index (χ3v) is 4.87. The number of thiophene rings is 1. The summed E-state index contributed by atoms with van der Waals surface area (Å²) in [7, 11) is 0. The first-order chi connectivity index (χ1) is 11.0. The molecule has 1 aliphatic rings. The summed E-state index contributed by atoms with van der Waals surface area (Å²) in [5.41, 5.74) is 0. The first-order valence-corrected chi connectivity index (χ1v) is 8.80. The molecule has 0 radical (unpaired) electrons. The summed E-state index contributed by atoms with van der Waals surface area (Å²) >= 11 is 1.34. The smallest absolute Gasteiger partial charge is 0.326 e. The van der Waals surface area contributed by atoms with Crippen LogP contribution in [0.25, 0.3) is 0 Å². The Bertz CT molecular complexity index is 558. The lowest BCUT2D eigenvalue weighted by atomic mass is 10.1. The van der Waals surface area contributed by atoms with Gasteiger partial charge in [-0.25, -0.2) is 4.79 Å². The van der Waals surface area contributed by atoms with Gasteiger partial charge in [0.25, 0.3) is 5.91 Å². The molecule has 2 rings (SSSR count). The minimum absolute atomic E-state index is 0.155. The number of unbranched alkanes of at least 4 members (excludes halogenated alkanes) is 1. The molecule has 2 atom stereocenters. The highest BCUT2D eigenvalue weighted by Gasteiger charge is 2.36. The van der Waals surface area contributed by atoms with E-state index in [1.807, 2.05) is 12.3 Å². The topological polar surface area (TPSA) is 86.7 Å². The molecular weight excluding hydrogens is 316 g/mol. The number of hydrogen-bond donors (Lipinski definition) is 2. The van der Waals surface area contributed by atoms with Gasteiger partial charge >= 0.3 is 5.97 Å². The Balaban J connectivity index is 2.02. The minimum Gasteiger partial charge on any atom is -0.480 e. The number of aliphatic carboxylic acids is 1. The molecule has 2 amide bonds. The van der Waals surface area contributed by atoms with Crippen molar-refractivity contribution in [1.82, 2.24) is 10.2 Å². The van der Waals surface area contributed by atoms with E-state index in [1.54, 1.807) is 17.0 Å². The number of carbonyl (C=O) groups is 3. The van der Waals surface area contributed by atoms with Crippen molar-refractivity contribution < 1.29 is 19.5 Å². The Morgan fingerprint density at radius 2 is 2.26 bits per heavy atom. The Morgan fingerprint density at radius 3 is 2.87 bits per heavy atom. The van der Waals surface area contributed by atoms with Gasteiger partial charge in [-0.05, 0) is 30.7 Å². The van der Waals surface area contributed by atoms with E-state index in [9.17, 15) is 19.5 Å². The van der Waals surface area contributed by atoms with Crippen LogP contribution in [0.15, 0.2) is 17.5 Å². The summed E-state index contributed by atoms with van der Waals surface area (Å²) in [6.07, 6.45) is 3.33. The molecule has 6 nitrogen and oxygen atoms in total. The van der Waals surface area contributed by atoms with Crippen molar-refractivity contribution in [3.8, 4) is 0 Å². The number of likely N-dealkylation sites (tertiary alicyclic amines) is 1. The molecule has 126 valence electrons. The number of carboxylic acid groups (broad SMARTS) is 1. The van der Waals surface area contributed by atoms with E-state index in [-0.39, 0.29) is 11.8 Å². The van der Waals surface area contributed by atoms with E-state index in [1.165, 1.54) is 11.3 Å². The molecular formula is C16H22N2O4S. The van der Waals surface area contributed by atoms with Crippen LogP contribution in [-0.2, 0) is 9.59 Å². The Hall–Kier alpha value is -1.89. The Morgan fingerprint density at radius 1 is 1.48 bits per heavy atom. The third-order valence-electron chi connectivity index (χ3n) is 4.01. The summed E-state index contributed by atoms with van der Waals surface area (Å²) in [4.78, 5) is 38.3. The number of nitrogens with one attached hydrogen (secondary N) is 1. The van der Waals surface area contributed by atoms with Crippen LogP contribution in [0.2, 0.25) is 0 Å². The molecule has 0 aliphatic carbocycles. The lowest BCUT2D eigenvalue weighted by Gasteiger charge is -2.25. The lowest BCUT2D eigenvalue weighted by Crippen LogP contribution is -2.50. The van der Waals surface area contributed by atoms with Gasteiger partial charge in [-0.3, -0.25) is 9.59 Å². The first kappa shape index (κ1) is 17.5. The fourth-order valence-corrected chi connectivity index (χ4v) is 3.44. The van der Waals surface area contributed by atoms with Gasteiger partial charge in [-0.15, -0.1) is 11.3 Å². The monoisotopic (exact) mass is 338 g/mol. The van der Waals surface area contributed by atoms with E-state index < -0.39 is 18.1 Å². The number of rotatable bonds is 7. The van der Waals surface area contributed by atoms with E-state index in [4.69, 9.17) is 0 Å². The van der Waals surface area contributed by atoms with Crippen LogP contribution in [0.1, 0.15) is 48.7 Å². The van der Waals surface area contributed by atoms with Crippen LogP contribution in [0.3, 0.4) is 0 Å². The highest BCUT2D eigenvalue weighted by molar-refractivity contribution is 7.12. The second kappa shape index (κ2) is 8.10. The van der Waals surface area contributed by atoms with Gasteiger partial charge in [-0.1, -0.05) is 25.8 Å². The zero-order valence-corrected chi connectivity index (χ0v) is 14.0. The van der Waals surface area contributed by atoms with Crippen molar-refractivity contribution in [3.63, 3.8) is 0 Å². The number of carboxylic acids is 1. The van der Waals surface area contributed by atoms with Gasteiger partial charge in [0.15, 0.2) is 0 Å². The first-order valence-electron chi connectivity index (χ1n) is 7.92. The van der Waals surface area contributed by atoms with Gasteiger partial charge in [0, 0.05) is 6.54 Å². The van der Waals surface area contributed by atoms with E-state index >= 15 is 0 Å². The van der Waals surface area contributed by atoms with E-state index in [0.29, 0.717) is 24.3 Å². The number of carbonyl (C=O) groups excluding carboxylic acids is 2. The molecule has 1 fully saturated rings. The second-order valence-corrected chi connectivity index (χ2v) is 6.62. The van der Waals surface area contributed by atoms with Crippen molar-refractivity contribution in [2.45, 2.75) is 51.1 Å². The fraction of sp³-hybridized carbons (Fsp3) is 0.562. The molecule has 0 aromatic carbocycles. The van der Waals surface area contributed by atoms with Gasteiger partial charge in [-0.2, -0.15) is 0 Å². The summed E-state index contributed by atoms with van der Waals surface area (Å²) in [5, 5.41) is 13.6. The standard InChI is InChI=1S/C16H22N2O4S/c1-2-3-6-11(16(21)22)17-14(19)12-7-4-9-18(12)15(20)13-8-5-10-23-13/h5,8,10-12H,2-4,6-7,9H2,1H3,(H,17,19)(H,21,22)/t11?,12-/m0/s1. The molecule has 0 spiro atoms. The van der Waals surface area contributed by atoms with Crippen LogP contribution in [0.5, 0.6) is 0 Å². The largest absolute Gasteiger partial charge is 0.480 e. The third kappa shape index (κ3) is 4.31. The predicted molar refractivity (Wildman–Crippen MR) is 87.5 cm³/mol. The van der Waals surface area contributed by atoms with Crippen molar-refractivity contribution in [1.29, 1.82) is 0 Å². The van der Waals surface area contributed by atoms with E-state index in [0.717, 1.165) is 19.3 Å². The SMILES string of the molecule is CCCCC(NC(=O)[C@@H]1CCCN1C(=O)c1cccs1)C(=O)O. The van der Waals surface area contributed by atoms with Crippen LogP contribution in [0, 0.1) is 0 Å². The van der Waals surface area contributed by atoms with Gasteiger partial charge in [0.05, 0.1) is 4.88 Å². The van der Waals surface area contributed by atoms with Crippen molar-refractivity contribution >= 4 is 29.1 Å². The predicted octanol–water partition coefficient (Wildman–Crippen LogP) is 2.11. The molecule has 23 heavy (non-hydrogen) atoms. The van der Waals surface area contributed by atoms with Gasteiger partial charge < -0.3 is 15.3 Å². The van der Waals surface area contributed by atoms with Crippen molar-refractivity contribution in [2.75, 3.05) is 6.54 Å². The zero-order valence-electron chi connectivity index (χ0n) is 13.2. The summed E-state index contributed by atoms with van der Waals surface area (Å²) in [5.74, 6) is -1.55. The molecule has 7 heteroatoms. The average Bonchev–Trinajstić information content (AvgIpc) is 3.21. The average molecular weight is 338 g/mol. The fourth-order valence-electron chi connectivity index (χ4n) is 2.76. The molecule has 1 saturated heterocycles. The lowest BCUT2D eigenvalue weighted by molar-refractivity contribution is -0.142. The Labute approximate surface area is 139 Å². The maximum atomic E-state index is 12.5. The van der Waals surface area contributed by atoms with Crippen LogP contribution in [0.4, 0.5) is 0 Å². The van der Waals surface area contributed by atoms with Gasteiger partial charge in [0.2, 0.25) is 5.91 Å². The number of amides is 2. The molecule has 0 bridgehead atoms.